The van der Waals surface area contributed by atoms with Crippen molar-refractivity contribution in [2.24, 2.45) is 28.6 Å². The van der Waals surface area contributed by atoms with Gasteiger partial charge in [0.25, 0.3) is 0 Å². The third kappa shape index (κ3) is 2.71. The van der Waals surface area contributed by atoms with Crippen molar-refractivity contribution in [2.45, 2.75) is 77.4 Å². The van der Waals surface area contributed by atoms with Gasteiger partial charge < -0.3 is 5.11 Å². The molecule has 1 unspecified atom stereocenters. The van der Waals surface area contributed by atoms with Crippen molar-refractivity contribution in [3.8, 4) is 0 Å². The lowest BCUT2D eigenvalue weighted by Gasteiger charge is -2.58. The van der Waals surface area contributed by atoms with Gasteiger partial charge in [0.05, 0.1) is 0 Å². The van der Waals surface area contributed by atoms with E-state index in [1.807, 2.05) is 0 Å². The first-order chi connectivity index (χ1) is 11.6. The van der Waals surface area contributed by atoms with E-state index in [0.29, 0.717) is 5.92 Å². The van der Waals surface area contributed by atoms with Crippen LogP contribution in [0.1, 0.15) is 71.6 Å². The highest BCUT2D eigenvalue weighted by molar-refractivity contribution is 7.80. The van der Waals surface area contributed by atoms with Gasteiger partial charge in [-0.15, -0.1) is 0 Å². The molecule has 3 saturated carbocycles. The average Bonchev–Trinajstić information content (AvgIpc) is 2.76. The zero-order chi connectivity index (χ0) is 18.1. The molecule has 2 N–H and O–H groups in total. The van der Waals surface area contributed by atoms with Gasteiger partial charge in [-0.3, -0.25) is 4.55 Å². The molecule has 0 saturated heterocycles. The van der Waals surface area contributed by atoms with Gasteiger partial charge in [-0.25, -0.2) is 4.18 Å². The van der Waals surface area contributed by atoms with Crippen LogP contribution in [-0.2, 0) is 14.6 Å². The summed E-state index contributed by atoms with van der Waals surface area (Å²) in [6.45, 7) is 4.53. The first-order valence-corrected chi connectivity index (χ1v) is 11.0. The molecule has 0 aliphatic heterocycles. The standard InChI is InChI=1S/C19H30O5S/c1-17-10-8-15-14(7-6-13-5-3-4-9-18(13,15)2)16(17)19(20,12-11-17)24-25(21,22)23/h5,14-16,20H,3-4,6-12H2,1-2H3,(H,21,22,23)/t14-,15+,16+,17-,18+,19?/m1/s1. The fraction of sp³-hybridized carbons (Fsp3) is 0.895. The zero-order valence-electron chi connectivity index (χ0n) is 15.2. The van der Waals surface area contributed by atoms with Gasteiger partial charge in [-0.1, -0.05) is 25.5 Å². The molecule has 0 heterocycles. The van der Waals surface area contributed by atoms with Gasteiger partial charge in [0, 0.05) is 12.3 Å². The molecule has 4 aliphatic carbocycles. The van der Waals surface area contributed by atoms with Crippen LogP contribution in [0, 0.1) is 28.6 Å². The number of fused-ring (bicyclic) bond motifs is 5. The minimum Gasteiger partial charge on any atom is -0.364 e. The topological polar surface area (TPSA) is 83.8 Å². The molecular formula is C19H30O5S. The molecule has 0 amide bonds. The third-order valence-corrected chi connectivity index (χ3v) is 8.60. The maximum atomic E-state index is 11.4. The molecule has 6 atom stereocenters. The smallest absolute Gasteiger partial charge is 0.364 e. The maximum Gasteiger partial charge on any atom is 0.400 e. The fourth-order valence-electron chi connectivity index (χ4n) is 7.09. The molecule has 3 fully saturated rings. The highest BCUT2D eigenvalue weighted by Gasteiger charge is 2.65. The monoisotopic (exact) mass is 370 g/mol. The molecule has 4 rings (SSSR count). The third-order valence-electron chi connectivity index (χ3n) is 8.10. The molecule has 0 aromatic rings. The number of hydrogen-bond donors (Lipinski definition) is 2. The molecule has 4 aliphatic rings. The minimum atomic E-state index is -4.68. The lowest BCUT2D eigenvalue weighted by atomic mass is 9.47. The molecular weight excluding hydrogens is 340 g/mol. The van der Waals surface area contributed by atoms with E-state index in [1.165, 1.54) is 19.3 Å². The van der Waals surface area contributed by atoms with Gasteiger partial charge in [0.1, 0.15) is 0 Å². The minimum absolute atomic E-state index is 0.118. The van der Waals surface area contributed by atoms with Gasteiger partial charge in [0.2, 0.25) is 0 Å². The highest BCUT2D eigenvalue weighted by Crippen LogP contribution is 2.67. The Bertz CT molecular complexity index is 701. The molecule has 0 spiro atoms. The molecule has 0 aromatic heterocycles. The van der Waals surface area contributed by atoms with Crippen molar-refractivity contribution in [3.63, 3.8) is 0 Å². The van der Waals surface area contributed by atoms with Crippen molar-refractivity contribution in [2.75, 3.05) is 0 Å². The van der Waals surface area contributed by atoms with E-state index in [-0.39, 0.29) is 29.1 Å². The number of rotatable bonds is 2. The quantitative estimate of drug-likeness (QED) is 0.438. The SMILES string of the molecule is C[C@]12CC[C@H]3[C@@H](CCC4=CCCC[C@@]43C)[C@@H]1C(O)(OS(=O)(=O)O)CC2. The number of aliphatic hydroxyl groups is 1. The summed E-state index contributed by atoms with van der Waals surface area (Å²) in [5.41, 5.74) is 1.62. The normalized spacial score (nSPS) is 49.8. The van der Waals surface area contributed by atoms with Crippen LogP contribution in [0.5, 0.6) is 0 Å². The van der Waals surface area contributed by atoms with Crippen molar-refractivity contribution >= 4 is 10.4 Å². The second kappa shape index (κ2) is 5.54. The maximum absolute atomic E-state index is 11.4. The summed E-state index contributed by atoms with van der Waals surface area (Å²) in [6.07, 6.45) is 11.1. The molecule has 5 nitrogen and oxygen atoms in total. The molecule has 142 valence electrons. The van der Waals surface area contributed by atoms with E-state index in [1.54, 1.807) is 5.57 Å². The molecule has 25 heavy (non-hydrogen) atoms. The van der Waals surface area contributed by atoms with Crippen molar-refractivity contribution in [3.05, 3.63) is 11.6 Å². The van der Waals surface area contributed by atoms with Crippen LogP contribution in [0.3, 0.4) is 0 Å². The molecule has 0 aromatic carbocycles. The lowest BCUT2D eigenvalue weighted by Crippen LogP contribution is -2.55. The second-order valence-corrected chi connectivity index (χ2v) is 10.4. The summed E-state index contributed by atoms with van der Waals surface area (Å²) in [6, 6.07) is 0. The van der Waals surface area contributed by atoms with E-state index in [2.05, 4.69) is 19.9 Å². The van der Waals surface area contributed by atoms with Crippen LogP contribution in [0.4, 0.5) is 0 Å². The predicted molar refractivity (Wildman–Crippen MR) is 93.9 cm³/mol. The number of hydrogen-bond acceptors (Lipinski definition) is 4. The summed E-state index contributed by atoms with van der Waals surface area (Å²) in [4.78, 5) is 0. The Morgan fingerprint density at radius 3 is 2.64 bits per heavy atom. The summed E-state index contributed by atoms with van der Waals surface area (Å²) in [7, 11) is -4.68. The van der Waals surface area contributed by atoms with Crippen LogP contribution in [0.25, 0.3) is 0 Å². The fourth-order valence-corrected chi connectivity index (χ4v) is 7.64. The molecule has 0 bridgehead atoms. The number of allylic oxidation sites excluding steroid dienone is 2. The lowest BCUT2D eigenvalue weighted by molar-refractivity contribution is -0.215. The van der Waals surface area contributed by atoms with E-state index in [4.69, 9.17) is 4.18 Å². The van der Waals surface area contributed by atoms with Crippen LogP contribution in [-0.4, -0.2) is 23.9 Å². The van der Waals surface area contributed by atoms with E-state index in [0.717, 1.165) is 32.1 Å². The average molecular weight is 371 g/mol. The predicted octanol–water partition coefficient (Wildman–Crippen LogP) is 3.85. The Morgan fingerprint density at radius 1 is 1.16 bits per heavy atom. The first-order valence-electron chi connectivity index (χ1n) is 9.67. The molecule has 6 heteroatoms. The Kier molecular flexibility index (Phi) is 3.98. The van der Waals surface area contributed by atoms with Crippen LogP contribution < -0.4 is 0 Å². The van der Waals surface area contributed by atoms with Crippen molar-refractivity contribution in [1.29, 1.82) is 0 Å². The van der Waals surface area contributed by atoms with Gasteiger partial charge in [-0.2, -0.15) is 8.42 Å². The van der Waals surface area contributed by atoms with Crippen molar-refractivity contribution < 1.29 is 22.3 Å². The largest absolute Gasteiger partial charge is 0.400 e. The van der Waals surface area contributed by atoms with Gasteiger partial charge in [0.15, 0.2) is 5.79 Å². The van der Waals surface area contributed by atoms with E-state index >= 15 is 0 Å². The van der Waals surface area contributed by atoms with Gasteiger partial charge in [-0.05, 0) is 74.0 Å². The zero-order valence-corrected chi connectivity index (χ0v) is 16.0. The van der Waals surface area contributed by atoms with E-state index < -0.39 is 16.2 Å². The summed E-state index contributed by atoms with van der Waals surface area (Å²) < 4.78 is 36.9. The highest BCUT2D eigenvalue weighted by atomic mass is 32.3. The Labute approximate surface area is 150 Å². The van der Waals surface area contributed by atoms with Crippen molar-refractivity contribution in [1.82, 2.24) is 0 Å². The van der Waals surface area contributed by atoms with Crippen LogP contribution >= 0.6 is 0 Å². The summed E-state index contributed by atoms with van der Waals surface area (Å²) >= 11 is 0. The molecule has 0 radical (unpaired) electrons. The summed E-state index contributed by atoms with van der Waals surface area (Å²) in [5.74, 6) is -1.30. The van der Waals surface area contributed by atoms with Gasteiger partial charge >= 0.3 is 10.4 Å². The van der Waals surface area contributed by atoms with E-state index in [9.17, 15) is 18.1 Å². The Hall–Kier alpha value is -0.430. The second-order valence-electron chi connectivity index (χ2n) is 9.37. The van der Waals surface area contributed by atoms with Crippen LogP contribution in [0.2, 0.25) is 0 Å². The Balaban J connectivity index is 1.73. The summed E-state index contributed by atoms with van der Waals surface area (Å²) in [5, 5.41) is 11.1. The Morgan fingerprint density at radius 2 is 1.92 bits per heavy atom. The first kappa shape index (κ1) is 18.0. The van der Waals surface area contributed by atoms with Crippen LogP contribution in [0.15, 0.2) is 11.6 Å².